The number of benzene rings is 2. The standard InChI is InChI=1S/C28H27N3O2S2/c1-3-17-31-27(33)23-21-11-7-8-12-22(21)34-26(23)30-28(31)35-24(19-9-5-4-6-10-19)25(32)29-20-15-13-18(2)14-16-20/h3-6,9-10,13-16,24H,1,7-8,11-12,17H2,2H3,(H,29,32)/t24-/m0/s1. The summed E-state index contributed by atoms with van der Waals surface area (Å²) in [7, 11) is 0. The first-order chi connectivity index (χ1) is 17.0. The monoisotopic (exact) mass is 501 g/mol. The minimum Gasteiger partial charge on any atom is -0.325 e. The second-order valence-corrected chi connectivity index (χ2v) is 10.9. The van der Waals surface area contributed by atoms with Gasteiger partial charge < -0.3 is 5.32 Å². The van der Waals surface area contributed by atoms with Crippen LogP contribution in [0.3, 0.4) is 0 Å². The zero-order chi connectivity index (χ0) is 24.4. The van der Waals surface area contributed by atoms with Crippen LogP contribution in [0.2, 0.25) is 0 Å². The van der Waals surface area contributed by atoms with Crippen molar-refractivity contribution in [3.05, 3.63) is 99.2 Å². The third-order valence-electron chi connectivity index (χ3n) is 6.23. The summed E-state index contributed by atoms with van der Waals surface area (Å²) in [5.41, 5.74) is 3.84. The largest absolute Gasteiger partial charge is 0.325 e. The Morgan fingerprint density at radius 3 is 2.66 bits per heavy atom. The lowest BCUT2D eigenvalue weighted by atomic mass is 9.97. The van der Waals surface area contributed by atoms with E-state index in [4.69, 9.17) is 4.98 Å². The fraction of sp³-hybridized carbons (Fsp3) is 0.250. The van der Waals surface area contributed by atoms with Crippen LogP contribution in [0.5, 0.6) is 0 Å². The third-order valence-corrected chi connectivity index (χ3v) is 8.66. The molecule has 1 aliphatic carbocycles. The first-order valence-electron chi connectivity index (χ1n) is 11.8. The lowest BCUT2D eigenvalue weighted by Crippen LogP contribution is -2.25. The molecule has 0 saturated heterocycles. The van der Waals surface area contributed by atoms with E-state index in [0.717, 1.165) is 52.7 Å². The first kappa shape index (κ1) is 23.6. The molecular formula is C28H27N3O2S2. The van der Waals surface area contributed by atoms with Crippen LogP contribution in [-0.4, -0.2) is 15.5 Å². The van der Waals surface area contributed by atoms with Crippen molar-refractivity contribution >= 4 is 44.9 Å². The summed E-state index contributed by atoms with van der Waals surface area (Å²) in [6.07, 6.45) is 5.90. The summed E-state index contributed by atoms with van der Waals surface area (Å²) in [5, 5.41) is 3.74. The van der Waals surface area contributed by atoms with Crippen LogP contribution in [0.1, 0.15) is 39.7 Å². The number of aryl methyl sites for hydroxylation is 3. The molecule has 1 aliphatic rings. The van der Waals surface area contributed by atoms with Crippen molar-refractivity contribution in [3.8, 4) is 0 Å². The Kier molecular flexibility index (Phi) is 6.88. The van der Waals surface area contributed by atoms with E-state index in [1.54, 1.807) is 22.0 Å². The molecule has 2 aromatic carbocycles. The fourth-order valence-corrected chi connectivity index (χ4v) is 6.86. The number of hydrogen-bond donors (Lipinski definition) is 1. The Morgan fingerprint density at radius 1 is 1.17 bits per heavy atom. The van der Waals surface area contributed by atoms with Gasteiger partial charge >= 0.3 is 0 Å². The minimum absolute atomic E-state index is 0.0393. The molecule has 1 atom stereocenters. The van der Waals surface area contributed by atoms with Crippen LogP contribution < -0.4 is 10.9 Å². The van der Waals surface area contributed by atoms with Gasteiger partial charge in [-0.25, -0.2) is 4.98 Å². The quantitative estimate of drug-likeness (QED) is 0.183. The highest BCUT2D eigenvalue weighted by atomic mass is 32.2. The lowest BCUT2D eigenvalue weighted by Gasteiger charge is -2.19. The summed E-state index contributed by atoms with van der Waals surface area (Å²) in [6, 6.07) is 17.4. The second kappa shape index (κ2) is 10.2. The molecule has 1 amide bonds. The molecule has 0 unspecified atom stereocenters. The molecule has 0 fully saturated rings. The van der Waals surface area contributed by atoms with Gasteiger partial charge in [0.25, 0.3) is 5.56 Å². The number of thiophene rings is 1. The summed E-state index contributed by atoms with van der Waals surface area (Å²) < 4.78 is 1.66. The van der Waals surface area contributed by atoms with E-state index in [1.165, 1.54) is 22.2 Å². The number of hydrogen-bond acceptors (Lipinski definition) is 5. The summed E-state index contributed by atoms with van der Waals surface area (Å²) in [5.74, 6) is -0.157. The van der Waals surface area contributed by atoms with Gasteiger partial charge in [-0.05, 0) is 55.9 Å². The highest BCUT2D eigenvalue weighted by Gasteiger charge is 2.27. The molecule has 35 heavy (non-hydrogen) atoms. The maximum atomic E-state index is 13.7. The molecule has 1 N–H and O–H groups in total. The van der Waals surface area contributed by atoms with Gasteiger partial charge in [-0.3, -0.25) is 14.2 Å². The van der Waals surface area contributed by atoms with Gasteiger partial charge in [-0.1, -0.05) is 65.9 Å². The van der Waals surface area contributed by atoms with Crippen molar-refractivity contribution in [1.82, 2.24) is 9.55 Å². The van der Waals surface area contributed by atoms with Gasteiger partial charge in [0.05, 0.1) is 5.39 Å². The average Bonchev–Trinajstić information content (AvgIpc) is 3.25. The number of rotatable bonds is 7. The Labute approximate surface area is 212 Å². The number of allylic oxidation sites excluding steroid dienone is 1. The number of thioether (sulfide) groups is 1. The Balaban J connectivity index is 1.57. The molecule has 2 aromatic heterocycles. The number of anilines is 1. The van der Waals surface area contributed by atoms with Crippen LogP contribution in [0.25, 0.3) is 10.2 Å². The van der Waals surface area contributed by atoms with Crippen LogP contribution in [-0.2, 0) is 24.2 Å². The Hall–Kier alpha value is -3.16. The van der Waals surface area contributed by atoms with Gasteiger partial charge in [0.15, 0.2) is 5.16 Å². The highest BCUT2D eigenvalue weighted by Crippen LogP contribution is 2.38. The zero-order valence-corrected chi connectivity index (χ0v) is 21.3. The molecule has 5 nitrogen and oxygen atoms in total. The van der Waals surface area contributed by atoms with E-state index in [0.29, 0.717) is 11.7 Å². The van der Waals surface area contributed by atoms with E-state index < -0.39 is 5.25 Å². The number of aromatic nitrogens is 2. The predicted octanol–water partition coefficient (Wildman–Crippen LogP) is 6.30. The van der Waals surface area contributed by atoms with E-state index in [9.17, 15) is 9.59 Å². The summed E-state index contributed by atoms with van der Waals surface area (Å²) >= 11 is 2.94. The predicted molar refractivity (Wildman–Crippen MR) is 146 cm³/mol. The molecule has 0 aliphatic heterocycles. The molecule has 0 saturated carbocycles. The number of amides is 1. The van der Waals surface area contributed by atoms with E-state index in [1.807, 2.05) is 61.5 Å². The molecule has 0 spiro atoms. The van der Waals surface area contributed by atoms with Crippen molar-refractivity contribution in [2.75, 3.05) is 5.32 Å². The summed E-state index contributed by atoms with van der Waals surface area (Å²) in [4.78, 5) is 34.2. The number of carbonyl (C=O) groups excluding carboxylic acids is 1. The molecule has 0 bridgehead atoms. The minimum atomic E-state index is -0.576. The molecule has 7 heteroatoms. The maximum Gasteiger partial charge on any atom is 0.263 e. The van der Waals surface area contributed by atoms with Crippen molar-refractivity contribution in [2.45, 2.75) is 49.6 Å². The smallest absolute Gasteiger partial charge is 0.263 e. The van der Waals surface area contributed by atoms with E-state index in [2.05, 4.69) is 11.9 Å². The van der Waals surface area contributed by atoms with Crippen molar-refractivity contribution in [3.63, 3.8) is 0 Å². The molecular weight excluding hydrogens is 474 g/mol. The topological polar surface area (TPSA) is 64.0 Å². The van der Waals surface area contributed by atoms with Crippen LogP contribution in [0, 0.1) is 6.92 Å². The fourth-order valence-electron chi connectivity index (χ4n) is 4.45. The third kappa shape index (κ3) is 4.83. The Morgan fingerprint density at radius 2 is 1.91 bits per heavy atom. The van der Waals surface area contributed by atoms with Gasteiger partial charge in [-0.15, -0.1) is 17.9 Å². The van der Waals surface area contributed by atoms with Crippen LogP contribution in [0.4, 0.5) is 5.69 Å². The lowest BCUT2D eigenvalue weighted by molar-refractivity contribution is -0.115. The van der Waals surface area contributed by atoms with Gasteiger partial charge in [0.1, 0.15) is 10.1 Å². The normalized spacial score (nSPS) is 13.9. The number of nitrogens with one attached hydrogen (secondary N) is 1. The van der Waals surface area contributed by atoms with Crippen LogP contribution in [0.15, 0.2) is 77.2 Å². The van der Waals surface area contributed by atoms with Crippen molar-refractivity contribution in [2.24, 2.45) is 0 Å². The van der Waals surface area contributed by atoms with Gasteiger partial charge in [0.2, 0.25) is 5.91 Å². The van der Waals surface area contributed by atoms with Gasteiger partial charge in [0, 0.05) is 17.1 Å². The first-order valence-corrected chi connectivity index (χ1v) is 13.5. The molecule has 2 heterocycles. The second-order valence-electron chi connectivity index (χ2n) is 8.75. The maximum absolute atomic E-state index is 13.7. The van der Waals surface area contributed by atoms with E-state index in [-0.39, 0.29) is 11.5 Å². The molecule has 0 radical (unpaired) electrons. The average molecular weight is 502 g/mol. The number of carbonyl (C=O) groups is 1. The summed E-state index contributed by atoms with van der Waals surface area (Å²) in [6.45, 7) is 6.21. The van der Waals surface area contributed by atoms with Gasteiger partial charge in [-0.2, -0.15) is 0 Å². The zero-order valence-electron chi connectivity index (χ0n) is 19.6. The van der Waals surface area contributed by atoms with Crippen LogP contribution >= 0.6 is 23.1 Å². The molecule has 178 valence electrons. The van der Waals surface area contributed by atoms with Crippen molar-refractivity contribution in [1.29, 1.82) is 0 Å². The van der Waals surface area contributed by atoms with E-state index >= 15 is 0 Å². The Bertz CT molecular complexity index is 1440. The number of nitrogens with zero attached hydrogens (tertiary/aromatic N) is 2. The SMILES string of the molecule is C=CCn1c(S[C@H](C(=O)Nc2ccc(C)cc2)c2ccccc2)nc2sc3c(c2c1=O)CCCC3. The highest BCUT2D eigenvalue weighted by molar-refractivity contribution is 8.00. The molecule has 5 rings (SSSR count). The number of fused-ring (bicyclic) bond motifs is 3. The molecule has 4 aromatic rings. The van der Waals surface area contributed by atoms with Crippen molar-refractivity contribution < 1.29 is 4.79 Å².